The van der Waals surface area contributed by atoms with Crippen LogP contribution in [-0.4, -0.2) is 66.2 Å². The zero-order chi connectivity index (χ0) is 14.2. The van der Waals surface area contributed by atoms with Crippen LogP contribution in [-0.2, 0) is 9.53 Å². The van der Waals surface area contributed by atoms with Gasteiger partial charge in [0.05, 0.1) is 0 Å². The molecule has 0 aliphatic carbocycles. The van der Waals surface area contributed by atoms with Crippen molar-refractivity contribution in [1.29, 1.82) is 0 Å². The maximum Gasteiger partial charge on any atom is 0.410 e. The van der Waals surface area contributed by atoms with Crippen molar-refractivity contribution < 1.29 is 14.3 Å². The third-order valence-corrected chi connectivity index (χ3v) is 3.62. The molecule has 2 aliphatic heterocycles. The summed E-state index contributed by atoms with van der Waals surface area (Å²) in [6.45, 7) is 7.32. The molecule has 0 radical (unpaired) electrons. The molecule has 1 N–H and O–H groups in total. The van der Waals surface area contributed by atoms with E-state index in [0.717, 1.165) is 0 Å². The average Bonchev–Trinajstić information content (AvgIpc) is 2.35. The van der Waals surface area contributed by atoms with E-state index in [-0.39, 0.29) is 24.1 Å². The van der Waals surface area contributed by atoms with Crippen molar-refractivity contribution in [1.82, 2.24) is 15.1 Å². The van der Waals surface area contributed by atoms with Gasteiger partial charge in [0, 0.05) is 38.1 Å². The molecule has 19 heavy (non-hydrogen) atoms. The third-order valence-electron chi connectivity index (χ3n) is 3.62. The summed E-state index contributed by atoms with van der Waals surface area (Å²) in [5.41, 5.74) is -0.486. The first-order valence-corrected chi connectivity index (χ1v) is 6.73. The Morgan fingerprint density at radius 3 is 2.58 bits per heavy atom. The van der Waals surface area contributed by atoms with Crippen LogP contribution < -0.4 is 5.32 Å². The van der Waals surface area contributed by atoms with Gasteiger partial charge in [-0.1, -0.05) is 0 Å². The first-order chi connectivity index (χ1) is 8.76. The number of likely N-dealkylation sites (N-methyl/N-ethyl adjacent to an activating group) is 1. The molecular weight excluding hydrogens is 246 g/mol. The molecular formula is C13H23N3O3. The average molecular weight is 269 g/mol. The molecule has 0 spiro atoms. The minimum absolute atomic E-state index is 0.0605. The molecule has 2 unspecified atom stereocenters. The van der Waals surface area contributed by atoms with Crippen molar-refractivity contribution in [3.63, 3.8) is 0 Å². The predicted octanol–water partition coefficient (Wildman–Crippen LogP) is 0.426. The number of rotatable bonds is 0. The summed E-state index contributed by atoms with van der Waals surface area (Å²) in [5, 5.41) is 2.89. The quantitative estimate of drug-likeness (QED) is 0.692. The normalized spacial score (nSPS) is 28.6. The van der Waals surface area contributed by atoms with E-state index in [1.54, 1.807) is 4.90 Å². The van der Waals surface area contributed by atoms with E-state index in [2.05, 4.69) is 10.2 Å². The molecule has 0 saturated carbocycles. The number of nitrogens with one attached hydrogen (secondary N) is 1. The summed E-state index contributed by atoms with van der Waals surface area (Å²) in [7, 11) is 2.02. The molecule has 2 fully saturated rings. The fraction of sp³-hybridized carbons (Fsp3) is 0.846. The zero-order valence-corrected chi connectivity index (χ0v) is 12.1. The highest BCUT2D eigenvalue weighted by molar-refractivity contribution is 5.77. The van der Waals surface area contributed by atoms with Gasteiger partial charge < -0.3 is 15.0 Å². The molecule has 2 atom stereocenters. The standard InChI is InChI=1S/C13H23N3O3/c1-13(2,3)19-12(18)16-7-9-5-11(17)14-6-10(8-16)15(9)4/h9-10H,5-8H2,1-4H3,(H,14,17). The SMILES string of the molecule is CN1C2CNC(=O)CC1CN(C(=O)OC(C)(C)C)C2. The molecule has 2 bridgehead atoms. The van der Waals surface area contributed by atoms with Crippen molar-refractivity contribution in [2.24, 2.45) is 0 Å². The Kier molecular flexibility index (Phi) is 3.71. The number of ether oxygens (including phenoxy) is 1. The van der Waals surface area contributed by atoms with E-state index >= 15 is 0 Å². The van der Waals surface area contributed by atoms with Crippen LogP contribution in [0, 0.1) is 0 Å². The zero-order valence-electron chi connectivity index (χ0n) is 12.1. The van der Waals surface area contributed by atoms with Crippen LogP contribution in [0.5, 0.6) is 0 Å². The van der Waals surface area contributed by atoms with Crippen LogP contribution in [0.2, 0.25) is 0 Å². The summed E-state index contributed by atoms with van der Waals surface area (Å²) in [6, 6.07) is 0.242. The topological polar surface area (TPSA) is 61.9 Å². The van der Waals surface area contributed by atoms with E-state index in [4.69, 9.17) is 4.74 Å². The monoisotopic (exact) mass is 269 g/mol. The summed E-state index contributed by atoms with van der Waals surface area (Å²) in [4.78, 5) is 27.6. The third kappa shape index (κ3) is 3.37. The van der Waals surface area contributed by atoms with Gasteiger partial charge in [-0.25, -0.2) is 4.79 Å². The van der Waals surface area contributed by atoms with Crippen LogP contribution in [0.4, 0.5) is 4.79 Å². The van der Waals surface area contributed by atoms with Gasteiger partial charge >= 0.3 is 6.09 Å². The number of carbonyl (C=O) groups is 2. The van der Waals surface area contributed by atoms with E-state index in [1.165, 1.54) is 0 Å². The number of amides is 2. The molecule has 2 aliphatic rings. The Bertz CT molecular complexity index is 378. The Balaban J connectivity index is 2.06. The Morgan fingerprint density at radius 2 is 1.95 bits per heavy atom. The number of fused-ring (bicyclic) bond motifs is 2. The summed E-state index contributed by atoms with van der Waals surface area (Å²) in [6.07, 6.45) is 0.150. The summed E-state index contributed by atoms with van der Waals surface area (Å²) in [5.74, 6) is 0.0605. The number of piperazine rings is 1. The molecule has 6 heteroatoms. The van der Waals surface area contributed by atoms with Gasteiger partial charge in [0.2, 0.25) is 5.91 Å². The van der Waals surface area contributed by atoms with Gasteiger partial charge in [0.1, 0.15) is 5.60 Å². The maximum absolute atomic E-state index is 12.1. The summed E-state index contributed by atoms with van der Waals surface area (Å²) < 4.78 is 5.41. The van der Waals surface area contributed by atoms with Crippen LogP contribution >= 0.6 is 0 Å². The fourth-order valence-electron chi connectivity index (χ4n) is 2.55. The largest absolute Gasteiger partial charge is 0.444 e. The fourth-order valence-corrected chi connectivity index (χ4v) is 2.55. The van der Waals surface area contributed by atoms with Gasteiger partial charge in [0.15, 0.2) is 0 Å². The van der Waals surface area contributed by atoms with Crippen LogP contribution in [0.1, 0.15) is 27.2 Å². The lowest BCUT2D eigenvalue weighted by molar-refractivity contribution is -0.121. The Morgan fingerprint density at radius 1 is 1.32 bits per heavy atom. The highest BCUT2D eigenvalue weighted by Gasteiger charge is 2.38. The molecule has 108 valence electrons. The minimum atomic E-state index is -0.486. The minimum Gasteiger partial charge on any atom is -0.444 e. The molecule has 2 amide bonds. The molecule has 6 nitrogen and oxygen atoms in total. The van der Waals surface area contributed by atoms with Crippen molar-refractivity contribution in [3.05, 3.63) is 0 Å². The molecule has 0 aromatic carbocycles. The molecule has 0 aromatic rings. The van der Waals surface area contributed by atoms with E-state index in [9.17, 15) is 9.59 Å². The van der Waals surface area contributed by atoms with Crippen molar-refractivity contribution in [3.8, 4) is 0 Å². The van der Waals surface area contributed by atoms with Crippen LogP contribution in [0.15, 0.2) is 0 Å². The lowest BCUT2D eigenvalue weighted by atomic mass is 10.1. The van der Waals surface area contributed by atoms with Crippen molar-refractivity contribution in [2.75, 3.05) is 26.7 Å². The Hall–Kier alpha value is -1.30. The lowest BCUT2D eigenvalue weighted by Crippen LogP contribution is -2.59. The summed E-state index contributed by atoms with van der Waals surface area (Å²) >= 11 is 0. The van der Waals surface area contributed by atoms with Crippen LogP contribution in [0.3, 0.4) is 0 Å². The first-order valence-electron chi connectivity index (χ1n) is 6.73. The van der Waals surface area contributed by atoms with E-state index in [0.29, 0.717) is 26.1 Å². The second-order valence-corrected chi connectivity index (χ2v) is 6.37. The second-order valence-electron chi connectivity index (χ2n) is 6.37. The van der Waals surface area contributed by atoms with Gasteiger partial charge in [-0.05, 0) is 27.8 Å². The highest BCUT2D eigenvalue weighted by Crippen LogP contribution is 2.20. The van der Waals surface area contributed by atoms with Crippen LogP contribution in [0.25, 0.3) is 0 Å². The van der Waals surface area contributed by atoms with Gasteiger partial charge in [0.25, 0.3) is 0 Å². The first kappa shape index (κ1) is 14.1. The van der Waals surface area contributed by atoms with E-state index < -0.39 is 5.60 Å². The number of hydrogen-bond donors (Lipinski definition) is 1. The highest BCUT2D eigenvalue weighted by atomic mass is 16.6. The second kappa shape index (κ2) is 5.00. The van der Waals surface area contributed by atoms with Gasteiger partial charge in [-0.3, -0.25) is 9.69 Å². The predicted molar refractivity (Wildman–Crippen MR) is 70.8 cm³/mol. The van der Waals surface area contributed by atoms with Gasteiger partial charge in [-0.15, -0.1) is 0 Å². The lowest BCUT2D eigenvalue weighted by Gasteiger charge is -2.43. The van der Waals surface area contributed by atoms with Crippen molar-refractivity contribution in [2.45, 2.75) is 44.9 Å². The molecule has 2 saturated heterocycles. The smallest absolute Gasteiger partial charge is 0.410 e. The Labute approximate surface area is 114 Å². The molecule has 2 rings (SSSR count). The number of nitrogens with zero attached hydrogens (tertiary/aromatic N) is 2. The number of hydrogen-bond acceptors (Lipinski definition) is 4. The maximum atomic E-state index is 12.1. The molecule has 2 heterocycles. The van der Waals surface area contributed by atoms with Gasteiger partial charge in [-0.2, -0.15) is 0 Å². The van der Waals surface area contributed by atoms with Crippen molar-refractivity contribution >= 4 is 12.0 Å². The molecule has 0 aromatic heterocycles. The van der Waals surface area contributed by atoms with E-state index in [1.807, 2.05) is 27.8 Å². The number of carbonyl (C=O) groups excluding carboxylic acids is 2.